The maximum atomic E-state index is 13.4. The number of nitrogens with zero attached hydrogens (tertiary/aromatic N) is 4. The normalized spacial score (nSPS) is 20.2. The van der Waals surface area contributed by atoms with Gasteiger partial charge in [0.15, 0.2) is 5.13 Å². The van der Waals surface area contributed by atoms with Gasteiger partial charge in [-0.15, -0.1) is 0 Å². The molecule has 3 aliphatic rings. The van der Waals surface area contributed by atoms with Crippen LogP contribution in [0.1, 0.15) is 60.7 Å². The van der Waals surface area contributed by atoms with Crippen LogP contribution >= 0.6 is 34.5 Å². The molecule has 44 heavy (non-hydrogen) atoms. The van der Waals surface area contributed by atoms with E-state index in [1.807, 2.05) is 18.7 Å². The zero-order valence-electron chi connectivity index (χ0n) is 24.1. The molecule has 0 unspecified atom stereocenters. The molecule has 0 bridgehead atoms. The number of amides is 1. The number of hydrogen-bond donors (Lipinski definition) is 1. The summed E-state index contributed by atoms with van der Waals surface area (Å²) in [5, 5.41) is 15.7. The summed E-state index contributed by atoms with van der Waals surface area (Å²) >= 11 is 14.4. The maximum absolute atomic E-state index is 13.4. The van der Waals surface area contributed by atoms with E-state index in [2.05, 4.69) is 10.1 Å². The number of aromatic nitrogens is 2. The number of piperazine rings is 1. The van der Waals surface area contributed by atoms with Gasteiger partial charge in [-0.25, -0.2) is 9.78 Å². The lowest BCUT2D eigenvalue weighted by atomic mass is 10.0. The molecule has 4 heterocycles. The van der Waals surface area contributed by atoms with E-state index in [9.17, 15) is 14.7 Å². The van der Waals surface area contributed by atoms with Crippen molar-refractivity contribution in [1.82, 2.24) is 15.0 Å². The van der Waals surface area contributed by atoms with Crippen LogP contribution in [0.4, 0.5) is 5.13 Å². The number of thiazole rings is 1. The third-order valence-electron chi connectivity index (χ3n) is 8.25. The number of fused-ring (bicyclic) bond motifs is 2. The van der Waals surface area contributed by atoms with Crippen molar-refractivity contribution in [2.75, 3.05) is 24.5 Å². The fourth-order valence-corrected chi connectivity index (χ4v) is 7.65. The molecule has 2 atom stereocenters. The van der Waals surface area contributed by atoms with Crippen LogP contribution < -0.4 is 9.64 Å². The minimum Gasteiger partial charge on any atom is -0.489 e. The van der Waals surface area contributed by atoms with Crippen LogP contribution in [0.3, 0.4) is 0 Å². The molecule has 1 saturated carbocycles. The quantitative estimate of drug-likeness (QED) is 0.212. The number of ether oxygens (including phenoxy) is 2. The van der Waals surface area contributed by atoms with Gasteiger partial charge in [-0.2, -0.15) is 0 Å². The molecule has 3 fully saturated rings. The van der Waals surface area contributed by atoms with Crippen LogP contribution in [0.5, 0.6) is 5.75 Å². The number of rotatable bonds is 9. The Bertz CT molecular complexity index is 1750. The molecule has 2 aliphatic heterocycles. The second-order valence-corrected chi connectivity index (χ2v) is 13.5. The average molecular weight is 658 g/mol. The summed E-state index contributed by atoms with van der Waals surface area (Å²) in [7, 11) is 0. The van der Waals surface area contributed by atoms with Gasteiger partial charge in [0, 0.05) is 43.1 Å². The van der Waals surface area contributed by atoms with Crippen LogP contribution in [0, 0.1) is 0 Å². The van der Waals surface area contributed by atoms with Crippen molar-refractivity contribution in [3.8, 4) is 17.0 Å². The Balaban J connectivity index is 1.09. The maximum Gasteiger partial charge on any atom is 0.335 e. The predicted molar refractivity (Wildman–Crippen MR) is 167 cm³/mol. The second-order valence-electron chi connectivity index (χ2n) is 11.7. The number of aromatic carboxylic acids is 1. The second kappa shape index (κ2) is 11.5. The van der Waals surface area contributed by atoms with Crippen molar-refractivity contribution in [3.05, 3.63) is 57.3 Å². The first kappa shape index (κ1) is 29.3. The number of benzene rings is 2. The lowest BCUT2D eigenvalue weighted by Crippen LogP contribution is -2.51. The topological polar surface area (TPSA) is 118 Å². The monoisotopic (exact) mass is 656 g/mol. The van der Waals surface area contributed by atoms with Crippen LogP contribution in [0.15, 0.2) is 34.9 Å². The number of carbonyl (C=O) groups excluding carboxylic acids is 1. The summed E-state index contributed by atoms with van der Waals surface area (Å²) in [5.74, 6) is 0.462. The molecule has 230 valence electrons. The summed E-state index contributed by atoms with van der Waals surface area (Å²) in [6.07, 6.45) is 1.84. The minimum atomic E-state index is -1.02. The van der Waals surface area contributed by atoms with Crippen molar-refractivity contribution < 1.29 is 28.7 Å². The highest BCUT2D eigenvalue weighted by atomic mass is 35.5. The van der Waals surface area contributed by atoms with Crippen molar-refractivity contribution in [1.29, 1.82) is 0 Å². The van der Waals surface area contributed by atoms with Crippen molar-refractivity contribution >= 4 is 61.8 Å². The molecule has 2 aromatic carbocycles. The van der Waals surface area contributed by atoms with Crippen molar-refractivity contribution in [2.24, 2.45) is 0 Å². The summed E-state index contributed by atoms with van der Waals surface area (Å²) in [5.41, 5.74) is 2.75. The highest BCUT2D eigenvalue weighted by Gasteiger charge is 2.44. The molecular formula is C31H30Cl2N4O6S. The van der Waals surface area contributed by atoms with Gasteiger partial charge in [-0.3, -0.25) is 4.79 Å². The molecule has 2 aromatic heterocycles. The van der Waals surface area contributed by atoms with E-state index in [4.69, 9.17) is 42.2 Å². The van der Waals surface area contributed by atoms with E-state index in [0.717, 1.165) is 34.0 Å². The summed E-state index contributed by atoms with van der Waals surface area (Å²) in [4.78, 5) is 34.1. The van der Waals surface area contributed by atoms with Gasteiger partial charge in [-0.1, -0.05) is 45.8 Å². The van der Waals surface area contributed by atoms with Gasteiger partial charge in [-0.05, 0) is 51.0 Å². The molecule has 7 rings (SSSR count). The first-order valence-electron chi connectivity index (χ1n) is 14.6. The zero-order valence-corrected chi connectivity index (χ0v) is 26.4. The smallest absolute Gasteiger partial charge is 0.335 e. The molecule has 0 radical (unpaired) electrons. The van der Waals surface area contributed by atoms with Crippen LogP contribution in [-0.4, -0.2) is 69.9 Å². The van der Waals surface area contributed by atoms with Crippen molar-refractivity contribution in [3.63, 3.8) is 0 Å². The summed E-state index contributed by atoms with van der Waals surface area (Å²) in [6.45, 7) is 5.69. The predicted octanol–water partition coefficient (Wildman–Crippen LogP) is 6.63. The van der Waals surface area contributed by atoms with E-state index in [1.165, 1.54) is 17.4 Å². The number of carboxylic acids is 1. The Kier molecular flexibility index (Phi) is 7.68. The number of carbonyl (C=O) groups is 2. The fourth-order valence-electron chi connectivity index (χ4n) is 6.01. The molecule has 1 N–H and O–H groups in total. The summed E-state index contributed by atoms with van der Waals surface area (Å²) in [6, 6.07) is 8.42. The molecule has 0 spiro atoms. The van der Waals surface area contributed by atoms with Crippen molar-refractivity contribution in [2.45, 2.75) is 63.9 Å². The zero-order chi connectivity index (χ0) is 30.7. The van der Waals surface area contributed by atoms with Gasteiger partial charge >= 0.3 is 5.97 Å². The molecule has 2 saturated heterocycles. The lowest BCUT2D eigenvalue weighted by molar-refractivity contribution is -0.138. The Morgan fingerprint density at radius 1 is 1.20 bits per heavy atom. The number of halogens is 2. The molecule has 1 aliphatic carbocycles. The van der Waals surface area contributed by atoms with E-state index in [-0.39, 0.29) is 36.1 Å². The van der Waals surface area contributed by atoms with Crippen LogP contribution in [-0.2, 0) is 16.1 Å². The largest absolute Gasteiger partial charge is 0.489 e. The molecule has 13 heteroatoms. The van der Waals surface area contributed by atoms with E-state index < -0.39 is 12.1 Å². The highest BCUT2D eigenvalue weighted by Crippen LogP contribution is 2.46. The third-order valence-corrected chi connectivity index (χ3v) is 9.94. The SMILES string of the molecule is CC(C)Oc1cc(C(=O)O)cc2sc(N3CCN4C(=O)[C@H](OCc5c(-c6c(Cl)cccc6Cl)noc5C5CC5)C[C@H]4C3)nc12. The molecule has 10 nitrogen and oxygen atoms in total. The van der Waals surface area contributed by atoms with Gasteiger partial charge in [0.25, 0.3) is 5.91 Å². The van der Waals surface area contributed by atoms with Gasteiger partial charge < -0.3 is 28.9 Å². The Morgan fingerprint density at radius 2 is 1.98 bits per heavy atom. The van der Waals surface area contributed by atoms with E-state index in [1.54, 1.807) is 24.3 Å². The summed E-state index contributed by atoms with van der Waals surface area (Å²) < 4.78 is 18.7. The Labute approximate surface area is 267 Å². The highest BCUT2D eigenvalue weighted by molar-refractivity contribution is 7.22. The fraction of sp³-hybridized carbons (Fsp3) is 0.419. The van der Waals surface area contributed by atoms with E-state index in [0.29, 0.717) is 58.6 Å². The van der Waals surface area contributed by atoms with E-state index >= 15 is 0 Å². The first-order chi connectivity index (χ1) is 21.2. The van der Waals surface area contributed by atoms with Crippen LogP contribution in [0.25, 0.3) is 21.5 Å². The number of anilines is 1. The standard InChI is InChI=1S/C31H30Cl2N4O6S/c1-15(2)42-22-10-17(30(39)40)11-24-27(22)34-31(44-24)36-8-9-37-18(13-36)12-23(29(37)38)41-14-19-26(35-43-28(19)16-6-7-16)25-20(32)4-3-5-21(25)33/h3-5,10-11,15-16,18,23H,6-9,12-14H2,1-2H3,(H,39,40)/t18-,23+/m0/s1. The minimum absolute atomic E-state index is 0.0283. The Hall–Kier alpha value is -3.38. The Morgan fingerprint density at radius 3 is 2.68 bits per heavy atom. The number of carboxylic acid groups (broad SMARTS) is 1. The van der Waals surface area contributed by atoms with Gasteiger partial charge in [0.05, 0.1) is 39.1 Å². The molecule has 1 amide bonds. The average Bonchev–Trinajstić information content (AvgIpc) is 3.46. The van der Waals surface area contributed by atoms with Gasteiger partial charge in [0.1, 0.15) is 28.8 Å². The molecular weight excluding hydrogens is 627 g/mol. The first-order valence-corrected chi connectivity index (χ1v) is 16.2. The third kappa shape index (κ3) is 5.40. The van der Waals surface area contributed by atoms with Gasteiger partial charge in [0.2, 0.25) is 0 Å². The number of hydrogen-bond acceptors (Lipinski definition) is 9. The lowest BCUT2D eigenvalue weighted by Gasteiger charge is -2.37. The molecule has 4 aromatic rings. The van der Waals surface area contributed by atoms with Crippen LogP contribution in [0.2, 0.25) is 10.0 Å².